The Morgan fingerprint density at radius 3 is 2.44 bits per heavy atom. The van der Waals surface area contributed by atoms with E-state index in [1.807, 2.05) is 48.2 Å². The topological polar surface area (TPSA) is 77.5 Å². The molecule has 0 spiro atoms. The van der Waals surface area contributed by atoms with E-state index in [0.717, 1.165) is 42.6 Å². The highest BCUT2D eigenvalue weighted by Gasteiger charge is 2.50. The molecule has 4 rings (SSSR count). The van der Waals surface area contributed by atoms with Gasteiger partial charge in [-0.05, 0) is 56.0 Å². The van der Waals surface area contributed by atoms with E-state index in [1.54, 1.807) is 33.5 Å². The van der Waals surface area contributed by atoms with Gasteiger partial charge in [-0.25, -0.2) is 0 Å². The van der Waals surface area contributed by atoms with Gasteiger partial charge >= 0.3 is 0 Å². The van der Waals surface area contributed by atoms with Gasteiger partial charge in [0.1, 0.15) is 5.75 Å². The fourth-order valence-electron chi connectivity index (χ4n) is 5.79. The van der Waals surface area contributed by atoms with E-state index >= 15 is 0 Å². The Kier molecular flexibility index (Phi) is 8.09. The van der Waals surface area contributed by atoms with Gasteiger partial charge in [0.15, 0.2) is 11.5 Å². The van der Waals surface area contributed by atoms with Gasteiger partial charge in [0.25, 0.3) is 0 Å². The third-order valence-corrected chi connectivity index (χ3v) is 7.49. The number of aliphatic hydroxyl groups is 1. The van der Waals surface area contributed by atoms with Crippen LogP contribution >= 0.6 is 0 Å². The summed E-state index contributed by atoms with van der Waals surface area (Å²) in [6, 6.07) is 11.3. The summed E-state index contributed by atoms with van der Waals surface area (Å²) in [5.41, 5.74) is 0.952. The molecule has 1 aliphatic carbocycles. The first kappa shape index (κ1) is 25.9. The number of methoxy groups -OCH3 is 3. The summed E-state index contributed by atoms with van der Waals surface area (Å²) >= 11 is 0. The van der Waals surface area contributed by atoms with Crippen LogP contribution in [0.25, 0.3) is 6.08 Å². The lowest BCUT2D eigenvalue weighted by atomic mass is 9.66. The minimum absolute atomic E-state index is 0.0415. The second-order valence-electron chi connectivity index (χ2n) is 9.45. The Morgan fingerprint density at radius 1 is 1.06 bits per heavy atom. The van der Waals surface area contributed by atoms with E-state index in [4.69, 9.17) is 18.9 Å². The molecule has 2 aromatic carbocycles. The van der Waals surface area contributed by atoms with Crippen molar-refractivity contribution in [3.8, 4) is 23.0 Å². The van der Waals surface area contributed by atoms with E-state index in [0.29, 0.717) is 36.8 Å². The summed E-state index contributed by atoms with van der Waals surface area (Å²) in [7, 11) is 4.69. The first-order valence-corrected chi connectivity index (χ1v) is 12.7. The third-order valence-electron chi connectivity index (χ3n) is 7.49. The van der Waals surface area contributed by atoms with Crippen molar-refractivity contribution in [1.82, 2.24) is 4.90 Å². The monoisotopic (exact) mass is 495 g/mol. The lowest BCUT2D eigenvalue weighted by molar-refractivity contribution is -0.151. The van der Waals surface area contributed by atoms with Crippen molar-refractivity contribution in [2.45, 2.75) is 50.7 Å². The van der Waals surface area contributed by atoms with Crippen LogP contribution in [-0.4, -0.2) is 56.0 Å². The lowest BCUT2D eigenvalue weighted by Crippen LogP contribution is -2.56. The zero-order chi connectivity index (χ0) is 25.7. The number of hydrogen-bond donors (Lipinski definition) is 1. The Balaban J connectivity index is 1.69. The van der Waals surface area contributed by atoms with Crippen LogP contribution in [0, 0.1) is 5.92 Å². The molecule has 0 unspecified atom stereocenters. The van der Waals surface area contributed by atoms with Crippen LogP contribution in [-0.2, 0) is 4.79 Å². The molecule has 7 heteroatoms. The highest BCUT2D eigenvalue weighted by molar-refractivity contribution is 5.92. The van der Waals surface area contributed by atoms with Crippen molar-refractivity contribution >= 4 is 12.0 Å². The Hall–Kier alpha value is -3.19. The van der Waals surface area contributed by atoms with E-state index in [-0.39, 0.29) is 17.9 Å². The number of hydrogen-bond acceptors (Lipinski definition) is 6. The highest BCUT2D eigenvalue weighted by Crippen LogP contribution is 2.51. The zero-order valence-corrected chi connectivity index (χ0v) is 21.7. The highest BCUT2D eigenvalue weighted by atomic mass is 16.5. The second kappa shape index (κ2) is 11.2. The average molecular weight is 496 g/mol. The molecule has 1 aliphatic heterocycles. The number of ether oxygens (including phenoxy) is 4. The Bertz CT molecular complexity index is 1070. The lowest BCUT2D eigenvalue weighted by Gasteiger charge is -2.52. The summed E-state index contributed by atoms with van der Waals surface area (Å²) < 4.78 is 22.3. The molecule has 1 amide bonds. The van der Waals surface area contributed by atoms with E-state index in [9.17, 15) is 9.90 Å². The smallest absolute Gasteiger partial charge is 0.247 e. The summed E-state index contributed by atoms with van der Waals surface area (Å²) in [5, 5.41) is 11.6. The van der Waals surface area contributed by atoms with Gasteiger partial charge < -0.3 is 29.0 Å². The number of rotatable bonds is 8. The normalized spacial score (nSPS) is 23.8. The largest absolute Gasteiger partial charge is 0.494 e. The molecule has 0 radical (unpaired) electrons. The van der Waals surface area contributed by atoms with E-state index < -0.39 is 5.60 Å². The SMILES string of the molecule is CCOc1ccccc1[C@H]1[C@H]2CCCC[C@]2(O)CCN1C(=O)/C=C/c1cc(OC)c(OC)c(OC)c1. The summed E-state index contributed by atoms with van der Waals surface area (Å²) in [5.74, 6) is 2.18. The standard InChI is InChI=1S/C29H37NO6/c1-5-36-23-12-7-6-10-21(23)27-22-11-8-9-15-29(22,32)16-17-30(27)26(31)14-13-20-18-24(33-2)28(35-4)25(19-20)34-3/h6-7,10,12-14,18-19,22,27,32H,5,8-9,11,15-17H2,1-4H3/b14-13+/t22-,27+,29+/m1/s1. The van der Waals surface area contributed by atoms with Crippen LogP contribution in [0.3, 0.4) is 0 Å². The molecule has 2 aromatic rings. The van der Waals surface area contributed by atoms with Crippen LogP contribution in [0.1, 0.15) is 56.2 Å². The molecule has 0 bridgehead atoms. The minimum Gasteiger partial charge on any atom is -0.494 e. The molecule has 7 nitrogen and oxygen atoms in total. The van der Waals surface area contributed by atoms with Gasteiger partial charge in [-0.3, -0.25) is 4.79 Å². The number of nitrogens with zero attached hydrogens (tertiary/aromatic N) is 1. The molecule has 2 fully saturated rings. The molecule has 1 heterocycles. The van der Waals surface area contributed by atoms with Crippen molar-refractivity contribution in [3.05, 3.63) is 53.6 Å². The number of piperidine rings is 1. The first-order valence-electron chi connectivity index (χ1n) is 12.7. The first-order chi connectivity index (χ1) is 17.5. The molecule has 1 saturated carbocycles. The minimum atomic E-state index is -0.764. The van der Waals surface area contributed by atoms with Crippen molar-refractivity contribution in [2.75, 3.05) is 34.5 Å². The molecule has 0 aromatic heterocycles. The maximum Gasteiger partial charge on any atom is 0.247 e. The van der Waals surface area contributed by atoms with Crippen LogP contribution in [0.15, 0.2) is 42.5 Å². The number of likely N-dealkylation sites (tertiary alicyclic amines) is 1. The van der Waals surface area contributed by atoms with Crippen molar-refractivity contribution < 1.29 is 28.8 Å². The van der Waals surface area contributed by atoms with E-state index in [1.165, 1.54) is 0 Å². The Morgan fingerprint density at radius 2 is 1.78 bits per heavy atom. The number of carbonyl (C=O) groups is 1. The fraction of sp³-hybridized carbons (Fsp3) is 0.483. The maximum absolute atomic E-state index is 13.7. The van der Waals surface area contributed by atoms with Gasteiger partial charge in [-0.15, -0.1) is 0 Å². The predicted octanol–water partition coefficient (Wildman–Crippen LogP) is 5.02. The van der Waals surface area contributed by atoms with Crippen LogP contribution in [0.4, 0.5) is 0 Å². The Labute approximate surface area is 213 Å². The molecular weight excluding hydrogens is 458 g/mol. The summed E-state index contributed by atoms with van der Waals surface area (Å²) in [4.78, 5) is 15.6. The molecule has 3 atom stereocenters. The van der Waals surface area contributed by atoms with Gasteiger partial charge in [0, 0.05) is 24.1 Å². The molecule has 1 N–H and O–H groups in total. The van der Waals surface area contributed by atoms with Gasteiger partial charge in [-0.2, -0.15) is 0 Å². The number of para-hydroxylation sites is 1. The van der Waals surface area contributed by atoms with Gasteiger partial charge in [-0.1, -0.05) is 31.0 Å². The van der Waals surface area contributed by atoms with Crippen molar-refractivity contribution in [1.29, 1.82) is 0 Å². The van der Waals surface area contributed by atoms with Crippen molar-refractivity contribution in [3.63, 3.8) is 0 Å². The van der Waals surface area contributed by atoms with Crippen molar-refractivity contribution in [2.24, 2.45) is 5.92 Å². The molecular formula is C29H37NO6. The number of carbonyl (C=O) groups excluding carboxylic acids is 1. The number of amides is 1. The van der Waals surface area contributed by atoms with Crippen LogP contribution < -0.4 is 18.9 Å². The van der Waals surface area contributed by atoms with Crippen LogP contribution in [0.5, 0.6) is 23.0 Å². The summed E-state index contributed by atoms with van der Waals surface area (Å²) in [6.07, 6.45) is 7.64. The van der Waals surface area contributed by atoms with Gasteiger partial charge in [0.05, 0.1) is 39.6 Å². The fourth-order valence-corrected chi connectivity index (χ4v) is 5.79. The third kappa shape index (κ3) is 5.03. The maximum atomic E-state index is 13.7. The predicted molar refractivity (Wildman–Crippen MR) is 139 cm³/mol. The van der Waals surface area contributed by atoms with Gasteiger partial charge in [0.2, 0.25) is 11.7 Å². The zero-order valence-electron chi connectivity index (χ0n) is 21.7. The number of benzene rings is 2. The average Bonchev–Trinajstić information content (AvgIpc) is 2.90. The number of fused-ring (bicyclic) bond motifs is 1. The molecule has 2 aliphatic rings. The molecule has 1 saturated heterocycles. The summed E-state index contributed by atoms with van der Waals surface area (Å²) in [6.45, 7) is 2.97. The molecule has 36 heavy (non-hydrogen) atoms. The quantitative estimate of drug-likeness (QED) is 0.518. The van der Waals surface area contributed by atoms with Crippen LogP contribution in [0.2, 0.25) is 0 Å². The second-order valence-corrected chi connectivity index (χ2v) is 9.45. The van der Waals surface area contributed by atoms with E-state index in [2.05, 4.69) is 0 Å². The molecule has 194 valence electrons.